The summed E-state index contributed by atoms with van der Waals surface area (Å²) in [5.74, 6) is 0. The summed E-state index contributed by atoms with van der Waals surface area (Å²) in [4.78, 5) is 4.40. The summed E-state index contributed by atoms with van der Waals surface area (Å²) in [6.45, 7) is 6.73. The van der Waals surface area contributed by atoms with Crippen molar-refractivity contribution in [1.82, 2.24) is 24.6 Å². The molecule has 0 radical (unpaired) electrons. The summed E-state index contributed by atoms with van der Waals surface area (Å²) in [6.07, 6.45) is 5.88. The number of aromatic nitrogens is 4. The molecule has 20 heavy (non-hydrogen) atoms. The minimum absolute atomic E-state index is 0.698. The van der Waals surface area contributed by atoms with Crippen LogP contribution in [0.3, 0.4) is 0 Å². The van der Waals surface area contributed by atoms with Gasteiger partial charge in [-0.3, -0.25) is 4.68 Å². The average Bonchev–Trinajstić information content (AvgIpc) is 2.99. The van der Waals surface area contributed by atoms with Crippen LogP contribution in [-0.2, 0) is 26.6 Å². The zero-order chi connectivity index (χ0) is 14.5. The summed E-state index contributed by atoms with van der Waals surface area (Å²) in [5, 5.41) is 8.55. The second-order valence-corrected chi connectivity index (χ2v) is 5.28. The van der Waals surface area contributed by atoms with Gasteiger partial charge in [0, 0.05) is 19.8 Å². The maximum absolute atomic E-state index is 6.36. The van der Waals surface area contributed by atoms with E-state index in [-0.39, 0.29) is 0 Å². The lowest BCUT2D eigenvalue weighted by Crippen LogP contribution is -2.13. The quantitative estimate of drug-likeness (QED) is 0.798. The Kier molecular flexibility index (Phi) is 5.20. The predicted molar refractivity (Wildman–Crippen MR) is 80.9 cm³/mol. The average molecular weight is 296 g/mol. The minimum Gasteiger partial charge on any atom is -0.331 e. The zero-order valence-corrected chi connectivity index (χ0v) is 13.1. The molecule has 2 rings (SSSR count). The molecule has 2 aromatic rings. The molecule has 0 unspecified atom stereocenters. The number of rotatable bonds is 7. The molecular formula is C14H22ClN5. The molecule has 6 heteroatoms. The summed E-state index contributed by atoms with van der Waals surface area (Å²) in [7, 11) is 1.93. The molecule has 2 aromatic heterocycles. The number of hydrogen-bond donors (Lipinski definition) is 1. The Balaban J connectivity index is 2.05. The van der Waals surface area contributed by atoms with E-state index in [0.29, 0.717) is 6.54 Å². The van der Waals surface area contributed by atoms with Gasteiger partial charge in [0.15, 0.2) is 0 Å². The largest absolute Gasteiger partial charge is 0.331 e. The van der Waals surface area contributed by atoms with Crippen LogP contribution in [0.4, 0.5) is 0 Å². The maximum Gasteiger partial charge on any atom is 0.0953 e. The molecule has 0 aliphatic rings. The highest BCUT2D eigenvalue weighted by atomic mass is 35.5. The molecule has 1 N–H and O–H groups in total. The van der Waals surface area contributed by atoms with Crippen molar-refractivity contribution in [1.29, 1.82) is 0 Å². The maximum atomic E-state index is 6.36. The molecule has 5 nitrogen and oxygen atoms in total. The minimum atomic E-state index is 0.698. The molecule has 110 valence electrons. The van der Waals surface area contributed by atoms with Gasteiger partial charge in [0.1, 0.15) is 0 Å². The van der Waals surface area contributed by atoms with Gasteiger partial charge in [-0.2, -0.15) is 5.10 Å². The SMILES string of the molecule is CCCNCc1cn(Cc2c(Cl)c(CC)nn2C)cn1. The molecular weight excluding hydrogens is 274 g/mol. The van der Waals surface area contributed by atoms with Crippen molar-refractivity contribution in [3.63, 3.8) is 0 Å². The fourth-order valence-corrected chi connectivity index (χ4v) is 2.50. The standard InChI is InChI=1S/C14H22ClN5/c1-4-6-16-7-11-8-20(10-17-11)9-13-14(15)12(5-2)18-19(13)3/h8,10,16H,4-7,9H2,1-3H3. The van der Waals surface area contributed by atoms with E-state index >= 15 is 0 Å². The fraction of sp³-hybridized carbons (Fsp3) is 0.571. The molecule has 0 saturated carbocycles. The third kappa shape index (κ3) is 3.41. The first-order valence-electron chi connectivity index (χ1n) is 7.07. The monoisotopic (exact) mass is 295 g/mol. The van der Waals surface area contributed by atoms with Crippen LogP contribution in [0.5, 0.6) is 0 Å². The van der Waals surface area contributed by atoms with Crippen LogP contribution in [-0.4, -0.2) is 25.9 Å². The Morgan fingerprint density at radius 1 is 1.35 bits per heavy atom. The van der Waals surface area contributed by atoms with Crippen LogP contribution < -0.4 is 5.32 Å². The molecule has 0 amide bonds. The molecule has 0 aliphatic carbocycles. The normalized spacial score (nSPS) is 11.2. The first-order valence-corrected chi connectivity index (χ1v) is 7.45. The van der Waals surface area contributed by atoms with Gasteiger partial charge in [0.05, 0.1) is 35.0 Å². The van der Waals surface area contributed by atoms with Gasteiger partial charge in [-0.1, -0.05) is 25.4 Å². The van der Waals surface area contributed by atoms with E-state index in [1.165, 1.54) is 0 Å². The molecule has 0 bridgehead atoms. The van der Waals surface area contributed by atoms with E-state index in [2.05, 4.69) is 35.4 Å². The lowest BCUT2D eigenvalue weighted by Gasteiger charge is -2.03. The summed E-state index contributed by atoms with van der Waals surface area (Å²) in [5.41, 5.74) is 3.02. The molecule has 0 atom stereocenters. The third-order valence-corrected chi connectivity index (χ3v) is 3.69. The number of nitrogens with zero attached hydrogens (tertiary/aromatic N) is 4. The highest BCUT2D eigenvalue weighted by Gasteiger charge is 2.13. The Morgan fingerprint density at radius 2 is 2.15 bits per heavy atom. The van der Waals surface area contributed by atoms with Gasteiger partial charge in [0.2, 0.25) is 0 Å². The van der Waals surface area contributed by atoms with E-state index in [4.69, 9.17) is 11.6 Å². The number of imidazole rings is 1. The summed E-state index contributed by atoms with van der Waals surface area (Å²) >= 11 is 6.36. The number of hydrogen-bond acceptors (Lipinski definition) is 3. The second-order valence-electron chi connectivity index (χ2n) is 4.90. The van der Waals surface area contributed by atoms with Crippen molar-refractivity contribution in [3.05, 3.63) is 34.6 Å². The van der Waals surface area contributed by atoms with Crippen LogP contribution in [0.1, 0.15) is 37.4 Å². The van der Waals surface area contributed by atoms with Gasteiger partial charge in [0.25, 0.3) is 0 Å². The van der Waals surface area contributed by atoms with Crippen molar-refractivity contribution in [2.45, 2.75) is 39.8 Å². The van der Waals surface area contributed by atoms with Crippen LogP contribution in [0.25, 0.3) is 0 Å². The molecule has 0 fully saturated rings. The zero-order valence-electron chi connectivity index (χ0n) is 12.4. The van der Waals surface area contributed by atoms with E-state index in [1.54, 1.807) is 0 Å². The third-order valence-electron chi connectivity index (χ3n) is 3.25. The van der Waals surface area contributed by atoms with Gasteiger partial charge in [-0.25, -0.2) is 4.98 Å². The summed E-state index contributed by atoms with van der Waals surface area (Å²) in [6, 6.07) is 0. The molecule has 0 aliphatic heterocycles. The smallest absolute Gasteiger partial charge is 0.0953 e. The summed E-state index contributed by atoms with van der Waals surface area (Å²) < 4.78 is 3.90. The predicted octanol–water partition coefficient (Wildman–Crippen LogP) is 2.38. The van der Waals surface area contributed by atoms with Crippen LogP contribution in [0.15, 0.2) is 12.5 Å². The van der Waals surface area contributed by atoms with Crippen molar-refractivity contribution < 1.29 is 0 Å². The fourth-order valence-electron chi connectivity index (χ4n) is 2.14. The highest BCUT2D eigenvalue weighted by Crippen LogP contribution is 2.21. The Hall–Kier alpha value is -1.33. The molecule has 0 saturated heterocycles. The van der Waals surface area contributed by atoms with Crippen molar-refractivity contribution >= 4 is 11.6 Å². The van der Waals surface area contributed by atoms with Crippen molar-refractivity contribution in [2.75, 3.05) is 6.54 Å². The lowest BCUT2D eigenvalue weighted by atomic mass is 10.3. The van der Waals surface area contributed by atoms with Gasteiger partial charge >= 0.3 is 0 Å². The van der Waals surface area contributed by atoms with Gasteiger partial charge in [-0.05, 0) is 19.4 Å². The Bertz CT molecular complexity index is 558. The van der Waals surface area contributed by atoms with Crippen molar-refractivity contribution in [2.24, 2.45) is 7.05 Å². The number of halogens is 1. The number of nitrogens with one attached hydrogen (secondary N) is 1. The van der Waals surface area contributed by atoms with Gasteiger partial charge < -0.3 is 9.88 Å². The van der Waals surface area contributed by atoms with Crippen LogP contribution in [0, 0.1) is 0 Å². The van der Waals surface area contributed by atoms with E-state index in [9.17, 15) is 0 Å². The van der Waals surface area contributed by atoms with E-state index in [1.807, 2.05) is 22.6 Å². The second kappa shape index (κ2) is 6.90. The van der Waals surface area contributed by atoms with Gasteiger partial charge in [-0.15, -0.1) is 0 Å². The lowest BCUT2D eigenvalue weighted by molar-refractivity contribution is 0.655. The molecule has 2 heterocycles. The van der Waals surface area contributed by atoms with Crippen LogP contribution >= 0.6 is 11.6 Å². The Labute approximate surface area is 125 Å². The van der Waals surface area contributed by atoms with E-state index < -0.39 is 0 Å². The molecule has 0 aromatic carbocycles. The topological polar surface area (TPSA) is 47.7 Å². The van der Waals surface area contributed by atoms with Crippen molar-refractivity contribution in [3.8, 4) is 0 Å². The number of aryl methyl sites for hydroxylation is 2. The first kappa shape index (κ1) is 15.1. The first-order chi connectivity index (χ1) is 9.65. The molecule has 0 spiro atoms. The van der Waals surface area contributed by atoms with Crippen LogP contribution in [0.2, 0.25) is 5.02 Å². The van der Waals surface area contributed by atoms with E-state index in [0.717, 1.165) is 48.0 Å². The highest BCUT2D eigenvalue weighted by molar-refractivity contribution is 6.31. The Morgan fingerprint density at radius 3 is 2.80 bits per heavy atom.